The first-order valence-corrected chi connectivity index (χ1v) is 9.68. The molecule has 1 amide bonds. The monoisotopic (exact) mass is 357 g/mol. The maximum atomic E-state index is 13.1. The van der Waals surface area contributed by atoms with Gasteiger partial charge in [-0.25, -0.2) is 0 Å². The van der Waals surface area contributed by atoms with Gasteiger partial charge in [-0.3, -0.25) is 9.69 Å². The van der Waals surface area contributed by atoms with Crippen molar-refractivity contribution < 1.29 is 4.79 Å². The van der Waals surface area contributed by atoms with E-state index in [2.05, 4.69) is 28.6 Å². The van der Waals surface area contributed by atoms with Gasteiger partial charge in [-0.2, -0.15) is 0 Å². The van der Waals surface area contributed by atoms with Crippen LogP contribution in [0.3, 0.4) is 0 Å². The maximum Gasteiger partial charge on any atom is 0.249 e. The summed E-state index contributed by atoms with van der Waals surface area (Å²) >= 11 is 1.80. The number of anilines is 1. The summed E-state index contributed by atoms with van der Waals surface area (Å²) < 4.78 is 0. The van der Waals surface area contributed by atoms with Crippen molar-refractivity contribution in [2.45, 2.75) is 31.8 Å². The Morgan fingerprint density at radius 1 is 1.28 bits per heavy atom. The second kappa shape index (κ2) is 7.58. The Labute approximate surface area is 154 Å². The third kappa shape index (κ3) is 4.05. The molecule has 2 heterocycles. The minimum atomic E-state index is -0.561. The van der Waals surface area contributed by atoms with Crippen molar-refractivity contribution in [3.8, 4) is 0 Å². The molecule has 0 spiro atoms. The number of hydrogen-bond donors (Lipinski definition) is 1. The number of carbonyl (C=O) groups excluding carboxylic acids is 1. The van der Waals surface area contributed by atoms with E-state index in [0.29, 0.717) is 0 Å². The van der Waals surface area contributed by atoms with Gasteiger partial charge in [0.25, 0.3) is 0 Å². The van der Waals surface area contributed by atoms with E-state index in [1.165, 1.54) is 10.4 Å². The van der Waals surface area contributed by atoms with Crippen LogP contribution in [0.1, 0.15) is 23.3 Å². The van der Waals surface area contributed by atoms with Gasteiger partial charge < -0.3 is 10.2 Å². The van der Waals surface area contributed by atoms with Crippen molar-refractivity contribution in [1.82, 2.24) is 9.80 Å². The third-order valence-electron chi connectivity index (χ3n) is 4.88. The van der Waals surface area contributed by atoms with Gasteiger partial charge in [0.2, 0.25) is 5.91 Å². The van der Waals surface area contributed by atoms with Crippen molar-refractivity contribution >= 4 is 22.9 Å². The highest BCUT2D eigenvalue weighted by Crippen LogP contribution is 2.29. The second-order valence-electron chi connectivity index (χ2n) is 7.11. The maximum absolute atomic E-state index is 13.1. The molecular formula is C20H27N3OS. The number of rotatable bonds is 5. The average molecular weight is 358 g/mol. The first kappa shape index (κ1) is 18.0. The lowest BCUT2D eigenvalue weighted by Crippen LogP contribution is -2.61. The Morgan fingerprint density at radius 3 is 2.68 bits per heavy atom. The van der Waals surface area contributed by atoms with E-state index in [1.807, 2.05) is 44.4 Å². The molecule has 134 valence electrons. The molecule has 1 aromatic carbocycles. The van der Waals surface area contributed by atoms with Gasteiger partial charge in [-0.05, 0) is 55.5 Å². The molecule has 0 aliphatic carbocycles. The number of likely N-dealkylation sites (tertiary alicyclic amines) is 1. The van der Waals surface area contributed by atoms with E-state index < -0.39 is 5.54 Å². The molecule has 1 N–H and O–H groups in total. The van der Waals surface area contributed by atoms with Crippen LogP contribution in [0.2, 0.25) is 0 Å². The van der Waals surface area contributed by atoms with Gasteiger partial charge in [0.15, 0.2) is 0 Å². The Bertz CT molecular complexity index is 713. The number of likely N-dealkylation sites (N-methyl/N-ethyl adjacent to an activating group) is 1. The summed E-state index contributed by atoms with van der Waals surface area (Å²) in [5.74, 6) is 0.156. The zero-order chi connectivity index (χ0) is 17.9. The van der Waals surface area contributed by atoms with E-state index in [1.54, 1.807) is 16.2 Å². The van der Waals surface area contributed by atoms with E-state index in [-0.39, 0.29) is 5.91 Å². The van der Waals surface area contributed by atoms with Crippen LogP contribution in [-0.2, 0) is 11.3 Å². The number of thiophene rings is 1. The number of para-hydroxylation sites is 1. The minimum Gasteiger partial charge on any atom is -0.370 e. The van der Waals surface area contributed by atoms with E-state index in [0.717, 1.165) is 38.2 Å². The van der Waals surface area contributed by atoms with E-state index >= 15 is 0 Å². The average Bonchev–Trinajstić information content (AvgIpc) is 3.00. The predicted molar refractivity (Wildman–Crippen MR) is 105 cm³/mol. The number of piperidine rings is 1. The van der Waals surface area contributed by atoms with Crippen LogP contribution in [0, 0.1) is 6.92 Å². The molecular weight excluding hydrogens is 330 g/mol. The highest BCUT2D eigenvalue weighted by atomic mass is 32.1. The fourth-order valence-corrected chi connectivity index (χ4v) is 4.55. The molecule has 1 fully saturated rings. The standard InChI is InChI=1S/C20H27N3OS/c1-16-10-13-25-18(16)14-23-12-7-11-20(15-23,19(24)22(2)3)21-17-8-5-4-6-9-17/h4-6,8-10,13,21H,7,11-12,14-15H2,1-3H3. The highest BCUT2D eigenvalue weighted by Gasteiger charge is 2.43. The number of amides is 1. The fourth-order valence-electron chi connectivity index (χ4n) is 3.60. The number of hydrogen-bond acceptors (Lipinski definition) is 4. The molecule has 1 aliphatic heterocycles. The number of nitrogens with zero attached hydrogens (tertiary/aromatic N) is 2. The largest absolute Gasteiger partial charge is 0.370 e. The second-order valence-corrected chi connectivity index (χ2v) is 8.11. The van der Waals surface area contributed by atoms with Gasteiger partial charge >= 0.3 is 0 Å². The van der Waals surface area contributed by atoms with Gasteiger partial charge in [0, 0.05) is 37.7 Å². The van der Waals surface area contributed by atoms with Gasteiger partial charge in [-0.1, -0.05) is 18.2 Å². The first-order chi connectivity index (χ1) is 12.0. The number of nitrogens with one attached hydrogen (secondary N) is 1. The molecule has 25 heavy (non-hydrogen) atoms. The molecule has 0 bridgehead atoms. The number of benzene rings is 1. The first-order valence-electron chi connectivity index (χ1n) is 8.80. The van der Waals surface area contributed by atoms with Crippen LogP contribution in [0.4, 0.5) is 5.69 Å². The molecule has 1 aliphatic rings. The number of aryl methyl sites for hydroxylation is 1. The van der Waals surface area contributed by atoms with E-state index in [4.69, 9.17) is 0 Å². The van der Waals surface area contributed by atoms with Crippen molar-refractivity contribution in [2.75, 3.05) is 32.5 Å². The van der Waals surface area contributed by atoms with Crippen LogP contribution >= 0.6 is 11.3 Å². The summed E-state index contributed by atoms with van der Waals surface area (Å²) in [6, 6.07) is 12.3. The van der Waals surface area contributed by atoms with E-state index in [9.17, 15) is 4.79 Å². The Morgan fingerprint density at radius 2 is 2.04 bits per heavy atom. The Kier molecular flexibility index (Phi) is 5.45. The van der Waals surface area contributed by atoms with Crippen LogP contribution in [0.25, 0.3) is 0 Å². The smallest absolute Gasteiger partial charge is 0.249 e. The van der Waals surface area contributed by atoms with Crippen LogP contribution in [0.5, 0.6) is 0 Å². The van der Waals surface area contributed by atoms with Crippen LogP contribution < -0.4 is 5.32 Å². The SMILES string of the molecule is Cc1ccsc1CN1CCCC(Nc2ccccc2)(C(=O)N(C)C)C1. The Balaban J connectivity index is 1.83. The summed E-state index contributed by atoms with van der Waals surface area (Å²) in [6.45, 7) is 4.85. The van der Waals surface area contributed by atoms with Gasteiger partial charge in [-0.15, -0.1) is 11.3 Å². The summed E-state index contributed by atoms with van der Waals surface area (Å²) in [5.41, 5.74) is 1.79. The summed E-state index contributed by atoms with van der Waals surface area (Å²) in [7, 11) is 3.69. The molecule has 2 aromatic rings. The van der Waals surface area contributed by atoms with Crippen molar-refractivity contribution in [3.63, 3.8) is 0 Å². The summed E-state index contributed by atoms with van der Waals surface area (Å²) in [5, 5.41) is 5.72. The summed E-state index contributed by atoms with van der Waals surface area (Å²) in [6.07, 6.45) is 1.88. The number of carbonyl (C=O) groups is 1. The lowest BCUT2D eigenvalue weighted by Gasteiger charge is -2.44. The topological polar surface area (TPSA) is 35.6 Å². The van der Waals surface area contributed by atoms with Crippen molar-refractivity contribution in [1.29, 1.82) is 0 Å². The van der Waals surface area contributed by atoms with Crippen LogP contribution in [-0.4, -0.2) is 48.4 Å². The molecule has 3 rings (SSSR count). The molecule has 1 aromatic heterocycles. The molecule has 1 atom stereocenters. The zero-order valence-electron chi connectivity index (χ0n) is 15.3. The zero-order valence-corrected chi connectivity index (χ0v) is 16.1. The normalized spacial score (nSPS) is 21.1. The Hall–Kier alpha value is -1.85. The molecule has 5 heteroatoms. The lowest BCUT2D eigenvalue weighted by atomic mass is 9.87. The molecule has 0 saturated carbocycles. The fraction of sp³-hybridized carbons (Fsp3) is 0.450. The molecule has 1 unspecified atom stereocenters. The quantitative estimate of drug-likeness (QED) is 0.888. The molecule has 0 radical (unpaired) electrons. The molecule has 1 saturated heterocycles. The minimum absolute atomic E-state index is 0.156. The highest BCUT2D eigenvalue weighted by molar-refractivity contribution is 7.10. The van der Waals surface area contributed by atoms with Crippen molar-refractivity contribution in [3.05, 3.63) is 52.2 Å². The third-order valence-corrected chi connectivity index (χ3v) is 5.89. The van der Waals surface area contributed by atoms with Crippen molar-refractivity contribution in [2.24, 2.45) is 0 Å². The van der Waals surface area contributed by atoms with Crippen LogP contribution in [0.15, 0.2) is 41.8 Å². The summed E-state index contributed by atoms with van der Waals surface area (Å²) in [4.78, 5) is 18.6. The predicted octanol–water partition coefficient (Wildman–Crippen LogP) is 3.59. The van der Waals surface area contributed by atoms with Gasteiger partial charge in [0.1, 0.15) is 5.54 Å². The molecule has 4 nitrogen and oxygen atoms in total. The van der Waals surface area contributed by atoms with Gasteiger partial charge in [0.05, 0.1) is 0 Å². The lowest BCUT2D eigenvalue weighted by molar-refractivity contribution is -0.135.